The SMILES string of the molecule is O=C1Cc2cc(CC3(C(=O)O)CC3)ccc2N1. The minimum Gasteiger partial charge on any atom is -0.481 e. The summed E-state index contributed by atoms with van der Waals surface area (Å²) < 4.78 is 0. The average Bonchev–Trinajstić information content (AvgIpc) is 2.94. The van der Waals surface area contributed by atoms with Gasteiger partial charge < -0.3 is 10.4 Å². The normalized spacial score (nSPS) is 19.6. The van der Waals surface area contributed by atoms with Crippen molar-refractivity contribution in [2.24, 2.45) is 5.41 Å². The Kier molecular flexibility index (Phi) is 2.02. The van der Waals surface area contributed by atoms with Gasteiger partial charge in [-0.05, 0) is 36.5 Å². The van der Waals surface area contributed by atoms with E-state index in [4.69, 9.17) is 5.11 Å². The molecule has 2 aliphatic rings. The first-order valence-corrected chi connectivity index (χ1v) is 5.74. The molecule has 1 aromatic rings. The maximum Gasteiger partial charge on any atom is 0.309 e. The van der Waals surface area contributed by atoms with Gasteiger partial charge >= 0.3 is 5.97 Å². The molecule has 0 aromatic heterocycles. The first kappa shape index (κ1) is 10.3. The molecule has 0 radical (unpaired) electrons. The number of fused-ring (bicyclic) bond motifs is 1. The van der Waals surface area contributed by atoms with Gasteiger partial charge in [-0.3, -0.25) is 9.59 Å². The van der Waals surface area contributed by atoms with E-state index in [1.54, 1.807) is 0 Å². The number of anilines is 1. The highest BCUT2D eigenvalue weighted by Gasteiger charge is 2.49. The zero-order valence-electron chi connectivity index (χ0n) is 9.32. The van der Waals surface area contributed by atoms with Crippen LogP contribution >= 0.6 is 0 Å². The van der Waals surface area contributed by atoms with Crippen LogP contribution in [-0.2, 0) is 22.4 Å². The van der Waals surface area contributed by atoms with Crippen molar-refractivity contribution in [3.05, 3.63) is 29.3 Å². The van der Waals surface area contributed by atoms with Crippen LogP contribution in [0.5, 0.6) is 0 Å². The van der Waals surface area contributed by atoms with Gasteiger partial charge in [0.25, 0.3) is 0 Å². The summed E-state index contributed by atoms with van der Waals surface area (Å²) in [5.41, 5.74) is 2.32. The number of nitrogens with one attached hydrogen (secondary N) is 1. The van der Waals surface area contributed by atoms with Crippen LogP contribution in [0.15, 0.2) is 18.2 Å². The summed E-state index contributed by atoms with van der Waals surface area (Å²) in [5, 5.41) is 11.9. The van der Waals surface area contributed by atoms with Gasteiger partial charge in [0, 0.05) is 5.69 Å². The van der Waals surface area contributed by atoms with E-state index in [9.17, 15) is 9.59 Å². The smallest absolute Gasteiger partial charge is 0.309 e. The molecule has 1 aliphatic heterocycles. The summed E-state index contributed by atoms with van der Waals surface area (Å²) >= 11 is 0. The summed E-state index contributed by atoms with van der Waals surface area (Å²) in [5.74, 6) is -0.691. The number of carboxylic acid groups (broad SMARTS) is 1. The van der Waals surface area contributed by atoms with Crippen molar-refractivity contribution in [3.8, 4) is 0 Å². The summed E-state index contributed by atoms with van der Waals surface area (Å²) in [6.07, 6.45) is 2.50. The Morgan fingerprint density at radius 2 is 2.18 bits per heavy atom. The van der Waals surface area contributed by atoms with Gasteiger partial charge in [0.15, 0.2) is 0 Å². The number of aliphatic carboxylic acids is 1. The predicted octanol–water partition coefficient (Wildman–Crippen LogP) is 1.59. The van der Waals surface area contributed by atoms with Crippen LogP contribution in [0.4, 0.5) is 5.69 Å². The van der Waals surface area contributed by atoms with Gasteiger partial charge in [0.2, 0.25) is 5.91 Å². The lowest BCUT2D eigenvalue weighted by molar-refractivity contribution is -0.143. The second-order valence-electron chi connectivity index (χ2n) is 4.98. The molecule has 1 amide bonds. The molecular weight excluding hydrogens is 218 g/mol. The number of benzene rings is 1. The molecule has 3 rings (SSSR count). The molecule has 1 fully saturated rings. The highest BCUT2D eigenvalue weighted by Crippen LogP contribution is 2.48. The fourth-order valence-corrected chi connectivity index (χ4v) is 2.40. The van der Waals surface area contributed by atoms with Crippen molar-refractivity contribution in [2.75, 3.05) is 5.32 Å². The zero-order valence-corrected chi connectivity index (χ0v) is 9.32. The number of hydrogen-bond donors (Lipinski definition) is 2. The fourth-order valence-electron chi connectivity index (χ4n) is 2.40. The first-order valence-electron chi connectivity index (χ1n) is 5.74. The molecule has 88 valence electrons. The number of amides is 1. The molecule has 1 heterocycles. The third kappa shape index (κ3) is 1.69. The van der Waals surface area contributed by atoms with Gasteiger partial charge in [-0.1, -0.05) is 12.1 Å². The van der Waals surface area contributed by atoms with E-state index in [2.05, 4.69) is 5.32 Å². The van der Waals surface area contributed by atoms with E-state index in [1.165, 1.54) is 0 Å². The summed E-state index contributed by atoms with van der Waals surface area (Å²) in [4.78, 5) is 22.3. The Bertz CT molecular complexity index is 517. The van der Waals surface area contributed by atoms with Crippen LogP contribution in [0.2, 0.25) is 0 Å². The van der Waals surface area contributed by atoms with Gasteiger partial charge in [0.1, 0.15) is 0 Å². The second-order valence-corrected chi connectivity index (χ2v) is 4.98. The maximum atomic E-state index is 11.2. The summed E-state index contributed by atoms with van der Waals surface area (Å²) in [6, 6.07) is 5.73. The Labute approximate surface area is 98.6 Å². The summed E-state index contributed by atoms with van der Waals surface area (Å²) in [6.45, 7) is 0. The van der Waals surface area contributed by atoms with Crippen molar-refractivity contribution < 1.29 is 14.7 Å². The number of rotatable bonds is 3. The van der Waals surface area contributed by atoms with Crippen molar-refractivity contribution in [1.82, 2.24) is 0 Å². The number of carbonyl (C=O) groups is 2. The maximum absolute atomic E-state index is 11.2. The average molecular weight is 231 g/mol. The van der Waals surface area contributed by atoms with E-state index in [1.807, 2.05) is 18.2 Å². The quantitative estimate of drug-likeness (QED) is 0.830. The third-order valence-electron chi connectivity index (χ3n) is 3.64. The number of carbonyl (C=O) groups excluding carboxylic acids is 1. The fraction of sp³-hybridized carbons (Fsp3) is 0.385. The Hall–Kier alpha value is -1.84. The van der Waals surface area contributed by atoms with Crippen LogP contribution in [0.1, 0.15) is 24.0 Å². The van der Waals surface area contributed by atoms with Crippen molar-refractivity contribution in [1.29, 1.82) is 0 Å². The molecule has 17 heavy (non-hydrogen) atoms. The highest BCUT2D eigenvalue weighted by molar-refractivity contribution is 5.99. The predicted molar refractivity (Wildman–Crippen MR) is 61.8 cm³/mol. The topological polar surface area (TPSA) is 66.4 Å². The van der Waals surface area contributed by atoms with Gasteiger partial charge in [0.05, 0.1) is 11.8 Å². The molecular formula is C13H13NO3. The van der Waals surface area contributed by atoms with Crippen LogP contribution in [-0.4, -0.2) is 17.0 Å². The molecule has 0 spiro atoms. The highest BCUT2D eigenvalue weighted by atomic mass is 16.4. The largest absolute Gasteiger partial charge is 0.481 e. The van der Waals surface area contributed by atoms with Crippen LogP contribution in [0.3, 0.4) is 0 Å². The molecule has 1 saturated carbocycles. The van der Waals surface area contributed by atoms with Crippen LogP contribution in [0, 0.1) is 5.41 Å². The summed E-state index contributed by atoms with van der Waals surface area (Å²) in [7, 11) is 0. The van der Waals surface area contributed by atoms with Crippen LogP contribution < -0.4 is 5.32 Å². The molecule has 1 aliphatic carbocycles. The Balaban J connectivity index is 1.84. The van der Waals surface area contributed by atoms with Crippen molar-refractivity contribution in [2.45, 2.75) is 25.7 Å². The standard InChI is InChI=1S/C13H13NO3/c15-11-6-9-5-8(1-2-10(9)14-11)7-13(3-4-13)12(16)17/h1-2,5H,3-4,6-7H2,(H,14,15)(H,16,17). The third-order valence-corrected chi connectivity index (χ3v) is 3.64. The number of hydrogen-bond acceptors (Lipinski definition) is 2. The Morgan fingerprint density at radius 3 is 2.82 bits per heavy atom. The zero-order chi connectivity index (χ0) is 12.0. The van der Waals surface area contributed by atoms with Crippen molar-refractivity contribution >= 4 is 17.6 Å². The van der Waals surface area contributed by atoms with Crippen LogP contribution in [0.25, 0.3) is 0 Å². The second kappa shape index (κ2) is 3.32. The molecule has 0 atom stereocenters. The lowest BCUT2D eigenvalue weighted by Crippen LogP contribution is -2.17. The van der Waals surface area contributed by atoms with E-state index in [0.29, 0.717) is 12.8 Å². The van der Waals surface area contributed by atoms with E-state index in [-0.39, 0.29) is 5.91 Å². The van der Waals surface area contributed by atoms with E-state index < -0.39 is 11.4 Å². The molecule has 0 unspecified atom stereocenters. The number of carboxylic acids is 1. The van der Waals surface area contributed by atoms with Gasteiger partial charge in [-0.25, -0.2) is 0 Å². The first-order chi connectivity index (χ1) is 8.09. The molecule has 0 saturated heterocycles. The Morgan fingerprint density at radius 1 is 1.41 bits per heavy atom. The molecule has 4 nitrogen and oxygen atoms in total. The van der Waals surface area contributed by atoms with Crippen molar-refractivity contribution in [3.63, 3.8) is 0 Å². The van der Waals surface area contributed by atoms with E-state index >= 15 is 0 Å². The van der Waals surface area contributed by atoms with E-state index in [0.717, 1.165) is 29.7 Å². The molecule has 4 heteroatoms. The molecule has 2 N–H and O–H groups in total. The monoisotopic (exact) mass is 231 g/mol. The molecule has 0 bridgehead atoms. The van der Waals surface area contributed by atoms with Gasteiger partial charge in [-0.2, -0.15) is 0 Å². The lowest BCUT2D eigenvalue weighted by Gasteiger charge is -2.10. The van der Waals surface area contributed by atoms with Gasteiger partial charge in [-0.15, -0.1) is 0 Å². The minimum absolute atomic E-state index is 0.0107. The molecule has 1 aromatic carbocycles. The lowest BCUT2D eigenvalue weighted by atomic mass is 9.95. The minimum atomic E-state index is -0.702.